The summed E-state index contributed by atoms with van der Waals surface area (Å²) in [7, 11) is 0. The molecule has 0 aliphatic heterocycles. The summed E-state index contributed by atoms with van der Waals surface area (Å²) in [6.07, 6.45) is 2.07. The molecule has 12 heavy (non-hydrogen) atoms. The van der Waals surface area contributed by atoms with Crippen molar-refractivity contribution < 1.29 is 0 Å². The van der Waals surface area contributed by atoms with Gasteiger partial charge in [0.15, 0.2) is 0 Å². The molecule has 0 radical (unpaired) electrons. The highest BCUT2D eigenvalue weighted by Crippen LogP contribution is 2.17. The Labute approximate surface area is 82.5 Å². The SMILES string of the molecule is CSc1ccc(NCCCl)cc1. The Hall–Kier alpha value is -0.340. The van der Waals surface area contributed by atoms with E-state index in [0.717, 1.165) is 12.2 Å². The minimum Gasteiger partial charge on any atom is -0.384 e. The first-order valence-electron chi connectivity index (χ1n) is 3.80. The number of nitrogens with one attached hydrogen (secondary N) is 1. The molecular weight excluding hydrogens is 190 g/mol. The van der Waals surface area contributed by atoms with Crippen molar-refractivity contribution in [1.29, 1.82) is 0 Å². The fourth-order valence-corrected chi connectivity index (χ4v) is 1.40. The van der Waals surface area contributed by atoms with Gasteiger partial charge in [-0.25, -0.2) is 0 Å². The van der Waals surface area contributed by atoms with Crippen molar-refractivity contribution in [3.8, 4) is 0 Å². The maximum absolute atomic E-state index is 5.54. The molecule has 0 saturated heterocycles. The minimum atomic E-state index is 0.643. The Morgan fingerprint density at radius 1 is 1.33 bits per heavy atom. The zero-order chi connectivity index (χ0) is 8.81. The normalized spacial score (nSPS) is 9.83. The summed E-state index contributed by atoms with van der Waals surface area (Å²) < 4.78 is 0. The maximum atomic E-state index is 5.54. The molecule has 1 aromatic carbocycles. The van der Waals surface area contributed by atoms with Crippen molar-refractivity contribution in [1.82, 2.24) is 0 Å². The molecular formula is C9H12ClNS. The Balaban J connectivity index is 2.53. The van der Waals surface area contributed by atoms with Gasteiger partial charge in [0.25, 0.3) is 0 Å². The lowest BCUT2D eigenvalue weighted by molar-refractivity contribution is 1.22. The first-order valence-corrected chi connectivity index (χ1v) is 5.56. The van der Waals surface area contributed by atoms with Crippen molar-refractivity contribution in [2.24, 2.45) is 0 Å². The van der Waals surface area contributed by atoms with Gasteiger partial charge in [-0.1, -0.05) is 0 Å². The van der Waals surface area contributed by atoms with Gasteiger partial charge in [-0.05, 0) is 30.5 Å². The molecule has 66 valence electrons. The van der Waals surface area contributed by atoms with Crippen LogP contribution in [0.25, 0.3) is 0 Å². The van der Waals surface area contributed by atoms with E-state index in [1.165, 1.54) is 4.90 Å². The third kappa shape index (κ3) is 2.95. The Morgan fingerprint density at radius 2 is 2.00 bits per heavy atom. The summed E-state index contributed by atoms with van der Waals surface area (Å²) in [5, 5.41) is 3.20. The minimum absolute atomic E-state index is 0.643. The van der Waals surface area contributed by atoms with Gasteiger partial charge >= 0.3 is 0 Å². The van der Waals surface area contributed by atoms with Gasteiger partial charge in [-0.3, -0.25) is 0 Å². The van der Waals surface area contributed by atoms with Crippen LogP contribution in [0, 0.1) is 0 Å². The maximum Gasteiger partial charge on any atom is 0.0396 e. The Bertz CT molecular complexity index is 222. The lowest BCUT2D eigenvalue weighted by Crippen LogP contribution is -2.01. The number of thioether (sulfide) groups is 1. The van der Waals surface area contributed by atoms with Crippen molar-refractivity contribution in [3.05, 3.63) is 24.3 Å². The van der Waals surface area contributed by atoms with E-state index in [1.54, 1.807) is 11.8 Å². The molecule has 1 aromatic rings. The summed E-state index contributed by atoms with van der Waals surface area (Å²) in [6.45, 7) is 0.820. The molecule has 0 aromatic heterocycles. The van der Waals surface area contributed by atoms with Crippen LogP contribution < -0.4 is 5.32 Å². The van der Waals surface area contributed by atoms with Crippen LogP contribution in [0.2, 0.25) is 0 Å². The number of hydrogen-bond acceptors (Lipinski definition) is 2. The van der Waals surface area contributed by atoms with Gasteiger partial charge in [0.1, 0.15) is 0 Å². The van der Waals surface area contributed by atoms with Crippen LogP contribution in [0.4, 0.5) is 5.69 Å². The van der Waals surface area contributed by atoms with Gasteiger partial charge < -0.3 is 5.32 Å². The number of alkyl halides is 1. The second kappa shape index (κ2) is 5.33. The molecule has 0 atom stereocenters. The summed E-state index contributed by atoms with van der Waals surface area (Å²) >= 11 is 7.29. The largest absolute Gasteiger partial charge is 0.384 e. The van der Waals surface area contributed by atoms with Gasteiger partial charge in [0, 0.05) is 23.0 Å². The van der Waals surface area contributed by atoms with E-state index in [0.29, 0.717) is 5.88 Å². The number of benzene rings is 1. The molecule has 0 amide bonds. The molecule has 0 unspecified atom stereocenters. The predicted octanol–water partition coefficient (Wildman–Crippen LogP) is 3.06. The van der Waals surface area contributed by atoms with Crippen LogP contribution in [0.1, 0.15) is 0 Å². The molecule has 1 rings (SSSR count). The van der Waals surface area contributed by atoms with Gasteiger partial charge in [-0.2, -0.15) is 0 Å². The fraction of sp³-hybridized carbons (Fsp3) is 0.333. The quantitative estimate of drug-likeness (QED) is 0.594. The predicted molar refractivity (Wildman–Crippen MR) is 57.4 cm³/mol. The molecule has 3 heteroatoms. The van der Waals surface area contributed by atoms with E-state index in [4.69, 9.17) is 11.6 Å². The number of anilines is 1. The third-order valence-corrected chi connectivity index (χ3v) is 2.45. The van der Waals surface area contributed by atoms with Gasteiger partial charge in [0.05, 0.1) is 0 Å². The highest BCUT2D eigenvalue weighted by atomic mass is 35.5. The number of rotatable bonds is 4. The van der Waals surface area contributed by atoms with Crippen LogP contribution >= 0.6 is 23.4 Å². The van der Waals surface area contributed by atoms with E-state index in [9.17, 15) is 0 Å². The molecule has 0 bridgehead atoms. The van der Waals surface area contributed by atoms with E-state index in [2.05, 4.69) is 35.8 Å². The summed E-state index contributed by atoms with van der Waals surface area (Å²) in [6, 6.07) is 8.33. The van der Waals surface area contributed by atoms with Gasteiger partial charge in [-0.15, -0.1) is 23.4 Å². The zero-order valence-electron chi connectivity index (χ0n) is 7.01. The summed E-state index contributed by atoms with van der Waals surface area (Å²) in [5.41, 5.74) is 1.13. The Kier molecular flexibility index (Phi) is 4.33. The molecule has 1 N–H and O–H groups in total. The van der Waals surface area contributed by atoms with E-state index in [-0.39, 0.29) is 0 Å². The first-order chi connectivity index (χ1) is 5.86. The van der Waals surface area contributed by atoms with Crippen LogP contribution in [0.3, 0.4) is 0 Å². The van der Waals surface area contributed by atoms with Gasteiger partial charge in [0.2, 0.25) is 0 Å². The number of halogens is 1. The van der Waals surface area contributed by atoms with Crippen molar-refractivity contribution in [3.63, 3.8) is 0 Å². The molecule has 0 aliphatic rings. The van der Waals surface area contributed by atoms with E-state index >= 15 is 0 Å². The van der Waals surface area contributed by atoms with E-state index < -0.39 is 0 Å². The van der Waals surface area contributed by atoms with Crippen LogP contribution in [-0.4, -0.2) is 18.7 Å². The topological polar surface area (TPSA) is 12.0 Å². The van der Waals surface area contributed by atoms with E-state index in [1.807, 2.05) is 0 Å². The Morgan fingerprint density at radius 3 is 2.50 bits per heavy atom. The highest BCUT2D eigenvalue weighted by Gasteiger charge is 1.91. The standard InChI is InChI=1S/C9H12ClNS/c1-12-9-4-2-8(3-5-9)11-7-6-10/h2-5,11H,6-7H2,1H3. The van der Waals surface area contributed by atoms with Crippen LogP contribution in [-0.2, 0) is 0 Å². The molecule has 0 spiro atoms. The third-order valence-electron chi connectivity index (χ3n) is 1.51. The van der Waals surface area contributed by atoms with Crippen molar-refractivity contribution in [2.45, 2.75) is 4.90 Å². The van der Waals surface area contributed by atoms with Crippen LogP contribution in [0.5, 0.6) is 0 Å². The fourth-order valence-electron chi connectivity index (χ4n) is 0.900. The lowest BCUT2D eigenvalue weighted by Gasteiger charge is -2.03. The van der Waals surface area contributed by atoms with Crippen molar-refractivity contribution in [2.75, 3.05) is 24.0 Å². The summed E-state index contributed by atoms with van der Waals surface area (Å²) in [4.78, 5) is 1.28. The molecule has 1 nitrogen and oxygen atoms in total. The second-order valence-electron chi connectivity index (χ2n) is 2.34. The number of hydrogen-bond donors (Lipinski definition) is 1. The average Bonchev–Trinajstić information content (AvgIpc) is 2.15. The average molecular weight is 202 g/mol. The molecule has 0 fully saturated rings. The van der Waals surface area contributed by atoms with Crippen LogP contribution in [0.15, 0.2) is 29.2 Å². The molecule has 0 saturated carbocycles. The molecule has 0 heterocycles. The second-order valence-corrected chi connectivity index (χ2v) is 3.60. The smallest absolute Gasteiger partial charge is 0.0396 e. The monoisotopic (exact) mass is 201 g/mol. The highest BCUT2D eigenvalue weighted by molar-refractivity contribution is 7.98. The summed E-state index contributed by atoms with van der Waals surface area (Å²) in [5.74, 6) is 0.643. The zero-order valence-corrected chi connectivity index (χ0v) is 8.58. The molecule has 0 aliphatic carbocycles. The first kappa shape index (κ1) is 9.75. The lowest BCUT2D eigenvalue weighted by atomic mass is 10.3. The van der Waals surface area contributed by atoms with Crippen molar-refractivity contribution >= 4 is 29.1 Å².